The quantitative estimate of drug-likeness (QED) is 0.839. The molecule has 1 saturated carbocycles. The molecule has 1 unspecified atom stereocenters. The maximum atomic E-state index is 12.5. The molecular weight excluding hydrogens is 366 g/mol. The summed E-state index contributed by atoms with van der Waals surface area (Å²) in [4.78, 5) is 25.5. The number of nitrogens with one attached hydrogen (secondary N) is 1. The SMILES string of the molecule is CN1C(=O)C2CCCN2c2nc(NCc3cnn(CC4CCCCC4)c3)ncc21. The Morgan fingerprint density at radius 1 is 1.14 bits per heavy atom. The van der Waals surface area contributed by atoms with E-state index in [4.69, 9.17) is 4.98 Å². The van der Waals surface area contributed by atoms with Crippen molar-refractivity contribution >= 4 is 23.4 Å². The van der Waals surface area contributed by atoms with E-state index in [1.54, 1.807) is 11.1 Å². The highest BCUT2D eigenvalue weighted by Crippen LogP contribution is 2.37. The first-order valence-corrected chi connectivity index (χ1v) is 10.9. The fourth-order valence-electron chi connectivity index (χ4n) is 4.93. The van der Waals surface area contributed by atoms with Crippen LogP contribution in [0.4, 0.5) is 17.5 Å². The number of aromatic nitrogens is 4. The summed E-state index contributed by atoms with van der Waals surface area (Å²) in [6.07, 6.45) is 14.5. The second-order valence-corrected chi connectivity index (χ2v) is 8.58. The minimum atomic E-state index is -0.0757. The van der Waals surface area contributed by atoms with Gasteiger partial charge in [-0.1, -0.05) is 19.3 Å². The molecule has 1 atom stereocenters. The van der Waals surface area contributed by atoms with Crippen molar-refractivity contribution in [2.45, 2.75) is 64.1 Å². The minimum Gasteiger partial charge on any atom is -0.350 e. The number of nitrogens with zero attached hydrogens (tertiary/aromatic N) is 6. The molecule has 0 aromatic carbocycles. The normalized spacial score (nSPS) is 22.0. The van der Waals surface area contributed by atoms with Crippen molar-refractivity contribution in [1.29, 1.82) is 0 Å². The molecule has 2 aliphatic heterocycles. The van der Waals surface area contributed by atoms with E-state index >= 15 is 0 Å². The highest BCUT2D eigenvalue weighted by Gasteiger charge is 2.40. The number of anilines is 3. The van der Waals surface area contributed by atoms with Crippen LogP contribution in [0.25, 0.3) is 0 Å². The number of likely N-dealkylation sites (N-methyl/N-ethyl adjacent to an activating group) is 1. The van der Waals surface area contributed by atoms with Gasteiger partial charge in [-0.2, -0.15) is 10.1 Å². The van der Waals surface area contributed by atoms with Crippen LogP contribution in [0.15, 0.2) is 18.6 Å². The topological polar surface area (TPSA) is 79.2 Å². The third-order valence-corrected chi connectivity index (χ3v) is 6.56. The van der Waals surface area contributed by atoms with Crippen LogP contribution in [0.3, 0.4) is 0 Å². The van der Waals surface area contributed by atoms with Crippen molar-refractivity contribution in [2.75, 3.05) is 28.7 Å². The summed E-state index contributed by atoms with van der Waals surface area (Å²) in [6.45, 7) is 2.54. The fraction of sp³-hybridized carbons (Fsp3) is 0.619. The molecule has 1 aliphatic carbocycles. The molecular formula is C21H29N7O. The molecule has 154 valence electrons. The predicted molar refractivity (Wildman–Crippen MR) is 112 cm³/mol. The van der Waals surface area contributed by atoms with Gasteiger partial charge >= 0.3 is 0 Å². The summed E-state index contributed by atoms with van der Waals surface area (Å²) in [7, 11) is 1.81. The molecule has 4 heterocycles. The van der Waals surface area contributed by atoms with Gasteiger partial charge in [-0.3, -0.25) is 9.48 Å². The Hall–Kier alpha value is -2.64. The average Bonchev–Trinajstić information content (AvgIpc) is 3.41. The number of amides is 1. The zero-order valence-electron chi connectivity index (χ0n) is 17.0. The Labute approximate surface area is 171 Å². The van der Waals surface area contributed by atoms with Gasteiger partial charge < -0.3 is 15.1 Å². The predicted octanol–water partition coefficient (Wildman–Crippen LogP) is 2.81. The highest BCUT2D eigenvalue weighted by molar-refractivity contribution is 6.04. The molecule has 2 aromatic rings. The zero-order valence-corrected chi connectivity index (χ0v) is 17.0. The third kappa shape index (κ3) is 3.56. The first-order chi connectivity index (χ1) is 14.2. The standard InChI is InChI=1S/C21H29N7O/c1-26-18-12-23-21(25-19(18)28-9-5-8-17(28)20(26)29)22-10-16-11-24-27(14-16)13-15-6-3-2-4-7-15/h11-12,14-15,17H,2-10,13H2,1H3,(H,22,23,25). The second-order valence-electron chi connectivity index (χ2n) is 8.58. The average molecular weight is 396 g/mol. The van der Waals surface area contributed by atoms with E-state index in [9.17, 15) is 4.79 Å². The Kier molecular flexibility index (Phi) is 4.85. The van der Waals surface area contributed by atoms with Gasteiger partial charge in [0.2, 0.25) is 11.9 Å². The van der Waals surface area contributed by atoms with E-state index in [-0.39, 0.29) is 11.9 Å². The summed E-state index contributed by atoms with van der Waals surface area (Å²) in [6, 6.07) is -0.0757. The van der Waals surface area contributed by atoms with Gasteiger partial charge in [0.15, 0.2) is 5.82 Å². The molecule has 8 heteroatoms. The van der Waals surface area contributed by atoms with Crippen LogP contribution < -0.4 is 15.1 Å². The van der Waals surface area contributed by atoms with E-state index in [0.717, 1.165) is 48.9 Å². The molecule has 3 aliphatic rings. The van der Waals surface area contributed by atoms with Crippen molar-refractivity contribution in [3.63, 3.8) is 0 Å². The number of hydrogen-bond acceptors (Lipinski definition) is 6. The Balaban J connectivity index is 1.25. The van der Waals surface area contributed by atoms with Gasteiger partial charge in [0.25, 0.3) is 0 Å². The first-order valence-electron chi connectivity index (χ1n) is 10.9. The molecule has 5 rings (SSSR count). The number of hydrogen-bond donors (Lipinski definition) is 1. The third-order valence-electron chi connectivity index (χ3n) is 6.56. The summed E-state index contributed by atoms with van der Waals surface area (Å²) < 4.78 is 2.08. The van der Waals surface area contributed by atoms with Crippen molar-refractivity contribution < 1.29 is 4.79 Å². The Morgan fingerprint density at radius 2 is 2.00 bits per heavy atom. The van der Waals surface area contributed by atoms with Crippen LogP contribution in [-0.2, 0) is 17.9 Å². The van der Waals surface area contributed by atoms with Gasteiger partial charge in [-0.05, 0) is 31.6 Å². The molecule has 1 saturated heterocycles. The van der Waals surface area contributed by atoms with Gasteiger partial charge in [-0.15, -0.1) is 0 Å². The van der Waals surface area contributed by atoms with E-state index in [1.165, 1.54) is 32.1 Å². The van der Waals surface area contributed by atoms with E-state index in [2.05, 4.69) is 31.2 Å². The highest BCUT2D eigenvalue weighted by atomic mass is 16.2. The molecule has 0 spiro atoms. The van der Waals surface area contributed by atoms with Crippen molar-refractivity contribution in [1.82, 2.24) is 19.7 Å². The molecule has 29 heavy (non-hydrogen) atoms. The van der Waals surface area contributed by atoms with Gasteiger partial charge in [0.05, 0.1) is 12.4 Å². The number of rotatable bonds is 5. The van der Waals surface area contributed by atoms with Crippen LogP contribution in [0, 0.1) is 5.92 Å². The smallest absolute Gasteiger partial charge is 0.249 e. The van der Waals surface area contributed by atoms with Crippen molar-refractivity contribution in [2.24, 2.45) is 5.92 Å². The van der Waals surface area contributed by atoms with Crippen LogP contribution in [0.5, 0.6) is 0 Å². The molecule has 2 fully saturated rings. The first kappa shape index (κ1) is 18.4. The summed E-state index contributed by atoms with van der Waals surface area (Å²) in [5.74, 6) is 2.36. The summed E-state index contributed by atoms with van der Waals surface area (Å²) >= 11 is 0. The van der Waals surface area contributed by atoms with Crippen molar-refractivity contribution in [3.8, 4) is 0 Å². The van der Waals surface area contributed by atoms with Crippen LogP contribution in [0.2, 0.25) is 0 Å². The van der Waals surface area contributed by atoms with E-state index in [1.807, 2.05) is 13.2 Å². The van der Waals surface area contributed by atoms with E-state index < -0.39 is 0 Å². The molecule has 1 N–H and O–H groups in total. The number of carbonyl (C=O) groups is 1. The van der Waals surface area contributed by atoms with Crippen molar-refractivity contribution in [3.05, 3.63) is 24.2 Å². The summed E-state index contributed by atoms with van der Waals surface area (Å²) in [5, 5.41) is 7.87. The van der Waals surface area contributed by atoms with Crippen LogP contribution in [-0.4, -0.2) is 45.3 Å². The van der Waals surface area contributed by atoms with Gasteiger partial charge in [0, 0.05) is 38.4 Å². The lowest BCUT2D eigenvalue weighted by Gasteiger charge is -2.36. The van der Waals surface area contributed by atoms with Gasteiger partial charge in [0.1, 0.15) is 11.7 Å². The largest absolute Gasteiger partial charge is 0.350 e. The maximum absolute atomic E-state index is 12.5. The second kappa shape index (κ2) is 7.65. The van der Waals surface area contributed by atoms with E-state index in [0.29, 0.717) is 12.5 Å². The summed E-state index contributed by atoms with van der Waals surface area (Å²) in [5.41, 5.74) is 1.92. The molecule has 1 amide bonds. The zero-order chi connectivity index (χ0) is 19.8. The van der Waals surface area contributed by atoms with Gasteiger partial charge in [-0.25, -0.2) is 4.98 Å². The molecule has 2 aromatic heterocycles. The number of fused-ring (bicyclic) bond motifs is 3. The monoisotopic (exact) mass is 395 g/mol. The fourth-order valence-corrected chi connectivity index (χ4v) is 4.93. The minimum absolute atomic E-state index is 0.0757. The van der Waals surface area contributed by atoms with Crippen LogP contribution >= 0.6 is 0 Å². The molecule has 0 bridgehead atoms. The Bertz CT molecular complexity index is 889. The lowest BCUT2D eigenvalue weighted by molar-refractivity contribution is -0.119. The van der Waals surface area contributed by atoms with Crippen LogP contribution in [0.1, 0.15) is 50.5 Å². The lowest BCUT2D eigenvalue weighted by atomic mass is 9.89. The maximum Gasteiger partial charge on any atom is 0.249 e. The molecule has 8 nitrogen and oxygen atoms in total. The molecule has 0 radical (unpaired) electrons. The number of carbonyl (C=O) groups excluding carboxylic acids is 1. The lowest BCUT2D eigenvalue weighted by Crippen LogP contribution is -2.49. The Morgan fingerprint density at radius 3 is 2.86 bits per heavy atom.